The quantitative estimate of drug-likeness (QED) is 0.182. The van der Waals surface area contributed by atoms with Crippen molar-refractivity contribution in [3.05, 3.63) is 78.4 Å². The van der Waals surface area contributed by atoms with Crippen LogP contribution in [0.1, 0.15) is 55.8 Å². The van der Waals surface area contributed by atoms with E-state index in [0.717, 1.165) is 12.0 Å². The highest BCUT2D eigenvalue weighted by atomic mass is 28.3. The van der Waals surface area contributed by atoms with Gasteiger partial charge in [-0.15, -0.1) is 0 Å². The molecule has 144 valence electrons. The lowest BCUT2D eigenvalue weighted by Gasteiger charge is -2.31. The minimum atomic E-state index is -1.79. The van der Waals surface area contributed by atoms with E-state index in [1.54, 1.807) is 0 Å². The first kappa shape index (κ1) is 21.4. The number of unbranched alkanes of at least 4 members (excludes halogenated alkanes) is 4. The second-order valence-electron chi connectivity index (χ2n) is 7.97. The average Bonchev–Trinajstić information content (AvgIpc) is 2.70. The Bertz CT molecular complexity index is 704. The van der Waals surface area contributed by atoms with Gasteiger partial charge in [-0.05, 0) is 18.4 Å². The molecule has 1 atom stereocenters. The molecule has 2 rings (SSSR count). The minimum Gasteiger partial charge on any atom is -0.294 e. The van der Waals surface area contributed by atoms with Gasteiger partial charge in [0.05, 0.1) is 8.07 Å². The second-order valence-corrected chi connectivity index (χ2v) is 12.7. The fourth-order valence-electron chi connectivity index (χ4n) is 3.54. The summed E-state index contributed by atoms with van der Waals surface area (Å²) in [6, 6.07) is 20.5. The van der Waals surface area contributed by atoms with Gasteiger partial charge in [-0.3, -0.25) is 4.79 Å². The van der Waals surface area contributed by atoms with E-state index in [2.05, 4.69) is 62.5 Å². The average molecular weight is 379 g/mol. The summed E-state index contributed by atoms with van der Waals surface area (Å²) >= 11 is 0. The zero-order valence-corrected chi connectivity index (χ0v) is 18.2. The van der Waals surface area contributed by atoms with Crippen LogP contribution in [0.2, 0.25) is 18.6 Å². The molecule has 2 aromatic rings. The summed E-state index contributed by atoms with van der Waals surface area (Å²) in [5.41, 5.74) is 1.15. The van der Waals surface area contributed by atoms with E-state index in [1.807, 2.05) is 30.3 Å². The SMILES string of the molecule is CCCCCC/C=C/[C@@H](CC(=O)c1ccccc1)[Si](C)(C)c1ccccc1. The van der Waals surface area contributed by atoms with Crippen LogP contribution >= 0.6 is 0 Å². The van der Waals surface area contributed by atoms with Gasteiger partial charge in [-0.1, -0.05) is 117 Å². The third kappa shape index (κ3) is 6.62. The molecule has 0 bridgehead atoms. The van der Waals surface area contributed by atoms with E-state index in [1.165, 1.54) is 30.9 Å². The van der Waals surface area contributed by atoms with Crippen molar-refractivity contribution in [3.63, 3.8) is 0 Å². The topological polar surface area (TPSA) is 17.1 Å². The monoisotopic (exact) mass is 378 g/mol. The Kier molecular flexibility index (Phi) is 8.73. The van der Waals surface area contributed by atoms with Crippen LogP contribution in [0.3, 0.4) is 0 Å². The first-order valence-electron chi connectivity index (χ1n) is 10.4. The van der Waals surface area contributed by atoms with Crippen LogP contribution in [0, 0.1) is 0 Å². The zero-order chi connectivity index (χ0) is 19.5. The molecule has 0 spiro atoms. The maximum absolute atomic E-state index is 12.9. The molecule has 0 fully saturated rings. The van der Waals surface area contributed by atoms with Gasteiger partial charge in [0, 0.05) is 12.0 Å². The summed E-state index contributed by atoms with van der Waals surface area (Å²) in [4.78, 5) is 12.9. The third-order valence-electron chi connectivity index (χ3n) is 5.54. The summed E-state index contributed by atoms with van der Waals surface area (Å²) in [5.74, 6) is 0.257. The van der Waals surface area contributed by atoms with Crippen LogP contribution in [0.15, 0.2) is 72.8 Å². The summed E-state index contributed by atoms with van der Waals surface area (Å²) in [6.45, 7) is 7.04. The summed E-state index contributed by atoms with van der Waals surface area (Å²) in [5, 5.41) is 1.42. The van der Waals surface area contributed by atoms with E-state index in [9.17, 15) is 4.79 Å². The predicted octanol–water partition coefficient (Wildman–Crippen LogP) is 6.77. The molecular weight excluding hydrogens is 344 g/mol. The Hall–Kier alpha value is -1.93. The molecule has 0 aromatic heterocycles. The summed E-state index contributed by atoms with van der Waals surface area (Å²) in [6.07, 6.45) is 11.5. The molecule has 1 nitrogen and oxygen atoms in total. The van der Waals surface area contributed by atoms with Crippen LogP contribution in [-0.4, -0.2) is 13.9 Å². The molecule has 27 heavy (non-hydrogen) atoms. The molecule has 0 amide bonds. The number of carbonyl (C=O) groups is 1. The minimum absolute atomic E-state index is 0.257. The van der Waals surface area contributed by atoms with Crippen molar-refractivity contribution in [2.45, 2.75) is 64.1 Å². The molecule has 0 aliphatic rings. The maximum Gasteiger partial charge on any atom is 0.163 e. The molecule has 0 saturated heterocycles. The Morgan fingerprint density at radius 2 is 1.56 bits per heavy atom. The molecule has 0 aliphatic heterocycles. The first-order valence-corrected chi connectivity index (χ1v) is 13.4. The van der Waals surface area contributed by atoms with Gasteiger partial charge in [0.15, 0.2) is 5.78 Å². The highest BCUT2D eigenvalue weighted by Crippen LogP contribution is 2.29. The van der Waals surface area contributed by atoms with E-state index >= 15 is 0 Å². The number of rotatable bonds is 11. The lowest BCUT2D eigenvalue weighted by atomic mass is 10.1. The summed E-state index contributed by atoms with van der Waals surface area (Å²) < 4.78 is 0. The lowest BCUT2D eigenvalue weighted by molar-refractivity contribution is 0.0983. The normalized spacial score (nSPS) is 13.0. The van der Waals surface area contributed by atoms with Crippen LogP contribution < -0.4 is 5.19 Å². The van der Waals surface area contributed by atoms with Gasteiger partial charge in [0.2, 0.25) is 0 Å². The standard InChI is InChI=1S/C25H34OSi/c1-4-5-6-7-8-13-20-24(21-25(26)22-16-11-9-12-17-22)27(2,3)23-18-14-10-15-19-23/h9-20,24H,4-8,21H2,1-3H3/b20-13+/t24-/m0/s1. The van der Waals surface area contributed by atoms with Crippen molar-refractivity contribution in [2.75, 3.05) is 0 Å². The van der Waals surface area contributed by atoms with Gasteiger partial charge in [-0.2, -0.15) is 0 Å². The fourth-order valence-corrected chi connectivity index (χ4v) is 6.33. The highest BCUT2D eigenvalue weighted by molar-refractivity contribution is 6.91. The Morgan fingerprint density at radius 3 is 2.19 bits per heavy atom. The Morgan fingerprint density at radius 1 is 0.926 bits per heavy atom. The predicted molar refractivity (Wildman–Crippen MR) is 121 cm³/mol. The number of allylic oxidation sites excluding steroid dienone is 2. The number of benzene rings is 2. The number of ketones is 1. The third-order valence-corrected chi connectivity index (χ3v) is 9.61. The van der Waals surface area contributed by atoms with Crippen molar-refractivity contribution in [3.8, 4) is 0 Å². The van der Waals surface area contributed by atoms with Gasteiger partial charge in [0.1, 0.15) is 0 Å². The van der Waals surface area contributed by atoms with Crippen LogP contribution in [0.25, 0.3) is 0 Å². The maximum atomic E-state index is 12.9. The summed E-state index contributed by atoms with van der Waals surface area (Å²) in [7, 11) is -1.79. The molecular formula is C25H34OSi. The first-order chi connectivity index (χ1) is 13.1. The number of hydrogen-bond acceptors (Lipinski definition) is 1. The molecule has 2 aromatic carbocycles. The van der Waals surface area contributed by atoms with Crippen LogP contribution in [0.4, 0.5) is 0 Å². The van der Waals surface area contributed by atoms with Gasteiger partial charge in [-0.25, -0.2) is 0 Å². The van der Waals surface area contributed by atoms with Gasteiger partial charge >= 0.3 is 0 Å². The number of carbonyl (C=O) groups excluding carboxylic acids is 1. The van der Waals surface area contributed by atoms with Crippen molar-refractivity contribution in [1.82, 2.24) is 0 Å². The molecule has 0 N–H and O–H groups in total. The number of hydrogen-bond donors (Lipinski definition) is 0. The largest absolute Gasteiger partial charge is 0.294 e. The number of Topliss-reactive ketones (excluding diaryl/α,β-unsaturated/α-hetero) is 1. The zero-order valence-electron chi connectivity index (χ0n) is 17.2. The van der Waals surface area contributed by atoms with Crippen LogP contribution in [0.5, 0.6) is 0 Å². The fraction of sp³-hybridized carbons (Fsp3) is 0.400. The van der Waals surface area contributed by atoms with E-state index in [-0.39, 0.29) is 5.78 Å². The molecule has 2 heteroatoms. The van der Waals surface area contributed by atoms with Gasteiger partial charge in [0.25, 0.3) is 0 Å². The molecule has 0 aliphatic carbocycles. The van der Waals surface area contributed by atoms with Crippen molar-refractivity contribution < 1.29 is 4.79 Å². The van der Waals surface area contributed by atoms with E-state index < -0.39 is 8.07 Å². The van der Waals surface area contributed by atoms with Crippen molar-refractivity contribution >= 4 is 19.0 Å². The van der Waals surface area contributed by atoms with E-state index in [0.29, 0.717) is 12.0 Å². The highest BCUT2D eigenvalue weighted by Gasteiger charge is 2.33. The van der Waals surface area contributed by atoms with Crippen molar-refractivity contribution in [2.24, 2.45) is 0 Å². The Labute approximate surface area is 166 Å². The lowest BCUT2D eigenvalue weighted by Crippen LogP contribution is -2.46. The smallest absolute Gasteiger partial charge is 0.163 e. The Balaban J connectivity index is 2.15. The molecule has 0 unspecified atom stereocenters. The second kappa shape index (κ2) is 11.0. The van der Waals surface area contributed by atoms with Crippen LogP contribution in [-0.2, 0) is 0 Å². The van der Waals surface area contributed by atoms with Gasteiger partial charge < -0.3 is 0 Å². The van der Waals surface area contributed by atoms with E-state index in [4.69, 9.17) is 0 Å². The molecule has 0 saturated carbocycles. The van der Waals surface area contributed by atoms with Crippen molar-refractivity contribution in [1.29, 1.82) is 0 Å². The molecule has 0 radical (unpaired) electrons. The molecule has 0 heterocycles.